The van der Waals surface area contributed by atoms with E-state index in [-0.39, 0.29) is 0 Å². The molecule has 1 aromatic heterocycles. The molecule has 0 fully saturated rings. The van der Waals surface area contributed by atoms with E-state index in [9.17, 15) is 0 Å². The molecule has 7 rings (SSSR count). The Morgan fingerprint density at radius 2 is 1.02 bits per heavy atom. The number of aliphatic imine (C=N–C) groups is 2. The zero-order chi connectivity index (χ0) is 38.7. The molecule has 0 aliphatic rings. The Bertz CT molecular complexity index is 2580. The van der Waals surface area contributed by atoms with Gasteiger partial charge in [0.1, 0.15) is 0 Å². The fourth-order valence-electron chi connectivity index (χ4n) is 6.58. The standard InChI is InChI=1S/C53H43N3/c1-38(42-20-9-5-10-21-42)34-51(49-31-18-30-48(36-49)50-32-19-33-54-37-50)55-41(4)47-29-17-28-46(35-47)40(3)53(45-26-15-8-16-27-45)56-52(44-24-13-7-14-25-44)39(2)43-22-11-6-12-23-43/h5-37H,1-2H2,3-4H3/b51-34-,53-40+,55-41?,56-52?. The molecule has 270 valence electrons. The fourth-order valence-corrected chi connectivity index (χ4v) is 6.58. The highest BCUT2D eigenvalue weighted by Gasteiger charge is 2.16. The second-order valence-corrected chi connectivity index (χ2v) is 13.5. The Labute approximate surface area is 330 Å². The molecule has 7 aromatic rings. The molecule has 0 saturated heterocycles. The van der Waals surface area contributed by atoms with E-state index >= 15 is 0 Å². The fraction of sp³-hybridized carbons (Fsp3) is 0.0377. The zero-order valence-electron chi connectivity index (χ0n) is 31.8. The van der Waals surface area contributed by atoms with Gasteiger partial charge in [-0.2, -0.15) is 0 Å². The summed E-state index contributed by atoms with van der Waals surface area (Å²) in [6.45, 7) is 13.2. The largest absolute Gasteiger partial charge is 0.264 e. The molecule has 0 spiro atoms. The van der Waals surface area contributed by atoms with Crippen molar-refractivity contribution in [2.24, 2.45) is 9.98 Å². The van der Waals surface area contributed by atoms with Crippen molar-refractivity contribution in [1.82, 2.24) is 4.98 Å². The quantitative estimate of drug-likeness (QED) is 0.0703. The summed E-state index contributed by atoms with van der Waals surface area (Å²) in [7, 11) is 0. The van der Waals surface area contributed by atoms with Crippen LogP contribution in [0.2, 0.25) is 0 Å². The van der Waals surface area contributed by atoms with Gasteiger partial charge in [0.2, 0.25) is 0 Å². The highest BCUT2D eigenvalue weighted by Crippen LogP contribution is 2.32. The highest BCUT2D eigenvalue weighted by atomic mass is 14.8. The molecule has 0 saturated carbocycles. The number of hydrogen-bond donors (Lipinski definition) is 0. The van der Waals surface area contributed by atoms with E-state index in [1.807, 2.05) is 72.9 Å². The molecule has 0 atom stereocenters. The van der Waals surface area contributed by atoms with Gasteiger partial charge in [-0.15, -0.1) is 0 Å². The van der Waals surface area contributed by atoms with Crippen LogP contribution < -0.4 is 0 Å². The summed E-state index contributed by atoms with van der Waals surface area (Å²) in [4.78, 5) is 15.1. The highest BCUT2D eigenvalue weighted by molar-refractivity contribution is 6.32. The SMILES string of the molecule is C=C(/C=C(\N=C(C)c1cccc(/C(C)=C(/N=C(C(=C)c2ccccc2)c2ccccc2)c2ccccc2)c1)c1cccc(-c2cccnc2)c1)c1ccccc1. The second kappa shape index (κ2) is 17.7. The van der Waals surface area contributed by atoms with E-state index in [1.54, 1.807) is 6.20 Å². The Morgan fingerprint density at radius 1 is 0.482 bits per heavy atom. The molecule has 0 radical (unpaired) electrons. The Hall–Kier alpha value is -7.23. The van der Waals surface area contributed by atoms with Crippen LogP contribution in [0.3, 0.4) is 0 Å². The van der Waals surface area contributed by atoms with Crippen LogP contribution in [0.1, 0.15) is 52.8 Å². The third kappa shape index (κ3) is 8.93. The van der Waals surface area contributed by atoms with Crippen LogP contribution in [0.15, 0.2) is 224 Å². The van der Waals surface area contributed by atoms with Crippen molar-refractivity contribution in [3.63, 3.8) is 0 Å². The number of nitrogens with zero attached hydrogens (tertiary/aromatic N) is 3. The summed E-state index contributed by atoms with van der Waals surface area (Å²) in [6, 6.07) is 62.2. The van der Waals surface area contributed by atoms with E-state index in [4.69, 9.17) is 9.98 Å². The molecule has 56 heavy (non-hydrogen) atoms. The first-order valence-electron chi connectivity index (χ1n) is 18.7. The molecular formula is C53H43N3. The van der Waals surface area contributed by atoms with E-state index < -0.39 is 0 Å². The second-order valence-electron chi connectivity index (χ2n) is 13.5. The normalized spacial score (nSPS) is 12.5. The lowest BCUT2D eigenvalue weighted by Gasteiger charge is -2.16. The molecule has 0 unspecified atom stereocenters. The summed E-state index contributed by atoms with van der Waals surface area (Å²) in [5.41, 5.74) is 15.4. The average molecular weight is 722 g/mol. The van der Waals surface area contributed by atoms with Crippen molar-refractivity contribution in [1.29, 1.82) is 0 Å². The Kier molecular flexibility index (Phi) is 11.7. The van der Waals surface area contributed by atoms with Crippen molar-refractivity contribution in [2.45, 2.75) is 13.8 Å². The molecule has 0 amide bonds. The summed E-state index contributed by atoms with van der Waals surface area (Å²) in [5.74, 6) is 0. The molecule has 3 heteroatoms. The maximum absolute atomic E-state index is 5.47. The lowest BCUT2D eigenvalue weighted by atomic mass is 9.95. The number of benzene rings is 6. The summed E-state index contributed by atoms with van der Waals surface area (Å²) < 4.78 is 0. The van der Waals surface area contributed by atoms with Gasteiger partial charge in [0, 0.05) is 45.9 Å². The van der Waals surface area contributed by atoms with Gasteiger partial charge in [0.25, 0.3) is 0 Å². The third-order valence-corrected chi connectivity index (χ3v) is 9.69. The van der Waals surface area contributed by atoms with Gasteiger partial charge in [-0.25, -0.2) is 4.99 Å². The Morgan fingerprint density at radius 3 is 1.66 bits per heavy atom. The minimum Gasteiger partial charge on any atom is -0.264 e. The lowest BCUT2D eigenvalue weighted by molar-refractivity contribution is 1.33. The van der Waals surface area contributed by atoms with E-state index in [2.05, 4.69) is 153 Å². The van der Waals surface area contributed by atoms with Gasteiger partial charge in [-0.05, 0) is 77.1 Å². The summed E-state index contributed by atoms with van der Waals surface area (Å²) in [6.07, 6.45) is 5.75. The number of allylic oxidation sites excluding steroid dienone is 4. The van der Waals surface area contributed by atoms with E-state index in [0.29, 0.717) is 0 Å². The maximum Gasteiger partial charge on any atom is 0.0781 e. The van der Waals surface area contributed by atoms with Gasteiger partial charge in [0.15, 0.2) is 0 Å². The first kappa shape index (κ1) is 37.1. The van der Waals surface area contributed by atoms with E-state index in [0.717, 1.165) is 89.6 Å². The van der Waals surface area contributed by atoms with Gasteiger partial charge in [-0.3, -0.25) is 9.98 Å². The topological polar surface area (TPSA) is 37.6 Å². The smallest absolute Gasteiger partial charge is 0.0781 e. The predicted molar refractivity (Wildman–Crippen MR) is 239 cm³/mol. The van der Waals surface area contributed by atoms with Gasteiger partial charge in [-0.1, -0.05) is 177 Å². The van der Waals surface area contributed by atoms with Crippen molar-refractivity contribution in [3.05, 3.63) is 253 Å². The van der Waals surface area contributed by atoms with Crippen LogP contribution in [-0.2, 0) is 0 Å². The molecule has 0 N–H and O–H groups in total. The molecule has 1 heterocycles. The Balaban J connectivity index is 1.34. The molecular weight excluding hydrogens is 679 g/mol. The minimum absolute atomic E-state index is 0.821. The van der Waals surface area contributed by atoms with Crippen LogP contribution in [-0.4, -0.2) is 16.4 Å². The van der Waals surface area contributed by atoms with Crippen molar-refractivity contribution in [2.75, 3.05) is 0 Å². The predicted octanol–water partition coefficient (Wildman–Crippen LogP) is 13.4. The van der Waals surface area contributed by atoms with Crippen LogP contribution in [0.25, 0.3) is 39.2 Å². The van der Waals surface area contributed by atoms with Gasteiger partial charge in [0.05, 0.1) is 17.1 Å². The summed E-state index contributed by atoms with van der Waals surface area (Å²) >= 11 is 0. The third-order valence-electron chi connectivity index (χ3n) is 9.69. The van der Waals surface area contributed by atoms with Gasteiger partial charge >= 0.3 is 0 Å². The van der Waals surface area contributed by atoms with Crippen LogP contribution >= 0.6 is 0 Å². The van der Waals surface area contributed by atoms with E-state index in [1.165, 1.54) is 0 Å². The molecule has 0 aliphatic heterocycles. The van der Waals surface area contributed by atoms with Crippen LogP contribution in [0.4, 0.5) is 0 Å². The average Bonchev–Trinajstić information content (AvgIpc) is 3.27. The van der Waals surface area contributed by atoms with Crippen molar-refractivity contribution < 1.29 is 0 Å². The molecule has 0 bridgehead atoms. The van der Waals surface area contributed by atoms with Crippen LogP contribution in [0, 0.1) is 0 Å². The zero-order valence-corrected chi connectivity index (χ0v) is 31.8. The maximum atomic E-state index is 5.47. The summed E-state index contributed by atoms with van der Waals surface area (Å²) in [5, 5.41) is 0. The van der Waals surface area contributed by atoms with Gasteiger partial charge < -0.3 is 0 Å². The van der Waals surface area contributed by atoms with Crippen molar-refractivity contribution >= 4 is 39.5 Å². The monoisotopic (exact) mass is 721 g/mol. The number of rotatable bonds is 12. The minimum atomic E-state index is 0.821. The molecule has 3 nitrogen and oxygen atoms in total. The first-order chi connectivity index (χ1) is 27.4. The molecule has 6 aromatic carbocycles. The molecule has 0 aliphatic carbocycles. The number of aromatic nitrogens is 1. The lowest BCUT2D eigenvalue weighted by Crippen LogP contribution is -2.05. The number of hydrogen-bond acceptors (Lipinski definition) is 3. The number of pyridine rings is 1. The van der Waals surface area contributed by atoms with Crippen molar-refractivity contribution in [3.8, 4) is 11.1 Å². The van der Waals surface area contributed by atoms with Crippen LogP contribution in [0.5, 0.6) is 0 Å². The first-order valence-corrected chi connectivity index (χ1v) is 18.7.